The summed E-state index contributed by atoms with van der Waals surface area (Å²) in [5, 5.41) is 4.89. The lowest BCUT2D eigenvalue weighted by atomic mass is 10.0. The normalized spacial score (nSPS) is 15.7. The van der Waals surface area contributed by atoms with Gasteiger partial charge in [-0.1, -0.05) is 30.2 Å². The molecular formula is C38H51N3O14S. The first-order valence-electron chi connectivity index (χ1n) is 18.7. The first-order valence-corrected chi connectivity index (χ1v) is 20.1. The molecule has 4 rings (SSSR count). The van der Waals surface area contributed by atoms with Gasteiger partial charge in [0.05, 0.1) is 101 Å². The number of nitrogens with one attached hydrogen (secondary N) is 2. The summed E-state index contributed by atoms with van der Waals surface area (Å²) in [4.78, 5) is 63.6. The highest BCUT2D eigenvalue weighted by molar-refractivity contribution is 7.86. The third kappa shape index (κ3) is 14.4. The van der Waals surface area contributed by atoms with E-state index in [4.69, 9.17) is 32.6 Å². The summed E-state index contributed by atoms with van der Waals surface area (Å²) in [6.07, 6.45) is 2.39. The van der Waals surface area contributed by atoms with E-state index >= 15 is 0 Å². The lowest BCUT2D eigenvalue weighted by Gasteiger charge is -2.27. The zero-order valence-electron chi connectivity index (χ0n) is 31.6. The van der Waals surface area contributed by atoms with Crippen LogP contribution >= 0.6 is 0 Å². The van der Waals surface area contributed by atoms with Crippen molar-refractivity contribution >= 4 is 45.3 Å². The van der Waals surface area contributed by atoms with Gasteiger partial charge < -0.3 is 33.7 Å². The second-order valence-corrected chi connectivity index (χ2v) is 14.4. The summed E-state index contributed by atoms with van der Waals surface area (Å²) in [5.41, 5.74) is 1.32. The topological polar surface area (TPSA) is 211 Å². The number of hydrogen-bond donors (Lipinski definition) is 2. The van der Waals surface area contributed by atoms with Crippen LogP contribution in [-0.2, 0) is 57.1 Å². The fraction of sp³-hybridized carbons (Fsp3) is 0.553. The number of carbonyl (C=O) groups is 5. The third-order valence-corrected chi connectivity index (χ3v) is 9.90. The van der Waals surface area contributed by atoms with Crippen LogP contribution in [0.25, 0.3) is 0 Å². The van der Waals surface area contributed by atoms with E-state index in [0.717, 1.165) is 23.3 Å². The molecule has 1 unspecified atom stereocenters. The van der Waals surface area contributed by atoms with E-state index in [1.54, 1.807) is 24.3 Å². The van der Waals surface area contributed by atoms with Gasteiger partial charge in [0.1, 0.15) is 6.04 Å². The van der Waals surface area contributed by atoms with Crippen molar-refractivity contribution in [3.05, 3.63) is 59.2 Å². The van der Waals surface area contributed by atoms with Crippen LogP contribution in [0.4, 0.5) is 5.69 Å². The van der Waals surface area contributed by atoms with Gasteiger partial charge in [-0.3, -0.25) is 38.4 Å². The van der Waals surface area contributed by atoms with Crippen molar-refractivity contribution in [2.24, 2.45) is 0 Å². The molecule has 5 amide bonds. The number of aryl methyl sites for hydroxylation is 1. The number of piperidine rings is 1. The molecule has 1 saturated heterocycles. The predicted octanol–water partition coefficient (Wildman–Crippen LogP) is 2.40. The predicted molar refractivity (Wildman–Crippen MR) is 199 cm³/mol. The van der Waals surface area contributed by atoms with Gasteiger partial charge in [-0.2, -0.15) is 8.42 Å². The summed E-state index contributed by atoms with van der Waals surface area (Å²) in [6, 6.07) is 9.93. The fourth-order valence-corrected chi connectivity index (χ4v) is 6.57. The highest BCUT2D eigenvalue weighted by Gasteiger charge is 2.45. The Labute approximate surface area is 326 Å². The van der Waals surface area contributed by atoms with Crippen molar-refractivity contribution in [2.45, 2.75) is 56.4 Å². The van der Waals surface area contributed by atoms with Crippen LogP contribution in [0.1, 0.15) is 64.8 Å². The number of unbranched alkanes of at least 4 members (excludes halogenated alkanes) is 2. The Balaban J connectivity index is 0.894. The number of rotatable bonds is 28. The molecule has 0 bridgehead atoms. The number of ether oxygens (including phenoxy) is 6. The van der Waals surface area contributed by atoms with Crippen molar-refractivity contribution < 1.29 is 65.0 Å². The lowest BCUT2D eigenvalue weighted by molar-refractivity contribution is -0.136. The highest BCUT2D eigenvalue weighted by atomic mass is 32.2. The fourth-order valence-electron chi connectivity index (χ4n) is 5.68. The Morgan fingerprint density at radius 3 is 1.84 bits per heavy atom. The molecule has 2 aliphatic heterocycles. The maximum Gasteiger partial charge on any atom is 0.297 e. The molecule has 2 heterocycles. The van der Waals surface area contributed by atoms with Crippen LogP contribution in [0, 0.1) is 6.92 Å². The van der Waals surface area contributed by atoms with E-state index in [2.05, 4.69) is 10.6 Å². The molecule has 0 radical (unpaired) electrons. The zero-order valence-corrected chi connectivity index (χ0v) is 32.4. The molecule has 2 aliphatic rings. The van der Waals surface area contributed by atoms with Crippen LogP contribution in [0.15, 0.2) is 47.4 Å². The molecule has 56 heavy (non-hydrogen) atoms. The van der Waals surface area contributed by atoms with E-state index in [-0.39, 0.29) is 60.1 Å². The van der Waals surface area contributed by atoms with E-state index in [9.17, 15) is 32.4 Å². The summed E-state index contributed by atoms with van der Waals surface area (Å²) in [7, 11) is -3.80. The average Bonchev–Trinajstić information content (AvgIpc) is 3.42. The highest BCUT2D eigenvalue weighted by Crippen LogP contribution is 2.32. The lowest BCUT2D eigenvalue weighted by Crippen LogP contribution is -2.54. The van der Waals surface area contributed by atoms with E-state index in [0.29, 0.717) is 79.1 Å². The van der Waals surface area contributed by atoms with Gasteiger partial charge in [0.2, 0.25) is 17.7 Å². The quantitative estimate of drug-likeness (QED) is 0.0719. The molecule has 2 aromatic carbocycles. The molecule has 1 fully saturated rings. The first-order chi connectivity index (χ1) is 27.1. The minimum Gasteiger partial charge on any atom is -0.379 e. The summed E-state index contributed by atoms with van der Waals surface area (Å²) >= 11 is 0. The van der Waals surface area contributed by atoms with Crippen molar-refractivity contribution in [3.63, 3.8) is 0 Å². The molecule has 17 nitrogen and oxygen atoms in total. The van der Waals surface area contributed by atoms with Crippen molar-refractivity contribution in [1.82, 2.24) is 10.2 Å². The number of hydrogen-bond acceptors (Lipinski definition) is 14. The number of carbonyl (C=O) groups excluding carboxylic acids is 5. The monoisotopic (exact) mass is 805 g/mol. The second kappa shape index (κ2) is 23.8. The molecule has 0 spiro atoms. The van der Waals surface area contributed by atoms with Gasteiger partial charge >= 0.3 is 0 Å². The molecule has 0 saturated carbocycles. The van der Waals surface area contributed by atoms with Gasteiger partial charge in [-0.25, -0.2) is 0 Å². The van der Waals surface area contributed by atoms with E-state index in [1.165, 1.54) is 18.2 Å². The van der Waals surface area contributed by atoms with Crippen LogP contribution < -0.4 is 10.6 Å². The Morgan fingerprint density at radius 1 is 0.714 bits per heavy atom. The van der Waals surface area contributed by atoms with E-state index in [1.807, 2.05) is 6.92 Å². The minimum absolute atomic E-state index is 0.0225. The van der Waals surface area contributed by atoms with Gasteiger partial charge in [-0.15, -0.1) is 0 Å². The van der Waals surface area contributed by atoms with Gasteiger partial charge in [0.25, 0.3) is 21.9 Å². The average molecular weight is 806 g/mol. The molecule has 0 aromatic heterocycles. The molecular weight excluding hydrogens is 754 g/mol. The molecule has 308 valence electrons. The smallest absolute Gasteiger partial charge is 0.297 e. The van der Waals surface area contributed by atoms with Gasteiger partial charge in [-0.05, 0) is 50.5 Å². The zero-order chi connectivity index (χ0) is 40.2. The second-order valence-electron chi connectivity index (χ2n) is 12.8. The van der Waals surface area contributed by atoms with E-state index < -0.39 is 39.8 Å². The van der Waals surface area contributed by atoms with Crippen LogP contribution in [-0.4, -0.2) is 135 Å². The first kappa shape index (κ1) is 44.6. The van der Waals surface area contributed by atoms with Crippen molar-refractivity contribution in [3.8, 4) is 0 Å². The summed E-state index contributed by atoms with van der Waals surface area (Å²) in [6.45, 7) is 6.39. The molecule has 1 atom stereocenters. The molecule has 2 N–H and O–H groups in total. The SMILES string of the molecule is Cc1ccc(S(=O)(=O)OCCOCCOCCOCCOCCOCCOCCCCCC(=O)Nc2cccc3c2C(=O)N(C2CCC(=O)NC2=O)C3=O)cc1. The maximum atomic E-state index is 13.2. The van der Waals surface area contributed by atoms with Crippen molar-refractivity contribution in [2.75, 3.05) is 91.2 Å². The van der Waals surface area contributed by atoms with Gasteiger partial charge in [0, 0.05) is 19.4 Å². The number of anilines is 1. The van der Waals surface area contributed by atoms with Crippen LogP contribution in [0.5, 0.6) is 0 Å². The Kier molecular flexibility index (Phi) is 19.0. The number of amides is 5. The summed E-state index contributed by atoms with van der Waals surface area (Å²) < 4.78 is 61.9. The number of fused-ring (bicyclic) bond motifs is 1. The van der Waals surface area contributed by atoms with Gasteiger partial charge in [0.15, 0.2) is 0 Å². The maximum absolute atomic E-state index is 13.2. The minimum atomic E-state index is -3.80. The summed E-state index contributed by atoms with van der Waals surface area (Å²) in [5.74, 6) is -2.75. The molecule has 2 aromatic rings. The van der Waals surface area contributed by atoms with Crippen molar-refractivity contribution in [1.29, 1.82) is 0 Å². The number of imide groups is 2. The Bertz CT molecular complexity index is 1720. The third-order valence-electron chi connectivity index (χ3n) is 8.57. The molecule has 18 heteroatoms. The standard InChI is InChI=1S/C38H51N3O14S/c1-28-9-11-29(12-10-28)56(47,48)55-27-26-54-25-24-53-23-22-52-21-20-51-19-18-50-17-16-49-15-4-2-3-8-33(42)39-31-7-5-6-30-35(31)38(46)41(37(30)45)32-13-14-34(43)40-36(32)44/h5-7,9-12,32H,2-4,8,13-27H2,1H3,(H,39,42)(H,40,43,44). The Hall–Kier alpha value is -4.14. The Morgan fingerprint density at radius 2 is 1.27 bits per heavy atom. The number of nitrogens with zero attached hydrogens (tertiary/aromatic N) is 1. The van der Waals surface area contributed by atoms with Crippen LogP contribution in [0.3, 0.4) is 0 Å². The number of benzene rings is 2. The largest absolute Gasteiger partial charge is 0.379 e. The van der Waals surface area contributed by atoms with Crippen LogP contribution in [0.2, 0.25) is 0 Å². The molecule has 0 aliphatic carbocycles.